The van der Waals surface area contributed by atoms with Crippen LogP contribution in [0.3, 0.4) is 0 Å². The van der Waals surface area contributed by atoms with Crippen molar-refractivity contribution in [1.29, 1.82) is 5.26 Å². The molecule has 2 aliphatic rings. The molecule has 2 aliphatic carbocycles. The number of allylic oxidation sites excluding steroid dienone is 2. The van der Waals surface area contributed by atoms with Crippen molar-refractivity contribution in [3.63, 3.8) is 0 Å². The Morgan fingerprint density at radius 2 is 1.84 bits per heavy atom. The summed E-state index contributed by atoms with van der Waals surface area (Å²) in [4.78, 5) is 17.1. The summed E-state index contributed by atoms with van der Waals surface area (Å²) < 4.78 is 6.33. The van der Waals surface area contributed by atoms with E-state index in [1.807, 2.05) is 6.08 Å². The molecule has 0 bridgehead atoms. The molecule has 160 valence electrons. The number of carbonyl (C=O) groups excluding carboxylic acids is 1. The van der Waals surface area contributed by atoms with Gasteiger partial charge < -0.3 is 4.74 Å². The van der Waals surface area contributed by atoms with Gasteiger partial charge in [0.1, 0.15) is 23.1 Å². The SMILES string of the molecule is CC1(C)[C@H](/C=C/C2Cc3nc(Cl)ccc3C2=O)C(C)(C)[C@H]1Oc1ccc(C#N)c(Cl)c1. The number of pyridine rings is 1. The first-order valence-electron chi connectivity index (χ1n) is 10.3. The fourth-order valence-corrected chi connectivity index (χ4v) is 5.88. The van der Waals surface area contributed by atoms with Crippen molar-refractivity contribution in [3.8, 4) is 11.8 Å². The predicted octanol–water partition coefficient (Wildman–Crippen LogP) is 6.30. The molecule has 2 aromatic rings. The fourth-order valence-electron chi connectivity index (χ4n) is 5.50. The molecule has 31 heavy (non-hydrogen) atoms. The average Bonchev–Trinajstić information content (AvgIpc) is 3.00. The normalized spacial score (nSPS) is 25.7. The molecule has 0 saturated heterocycles. The molecule has 6 heteroatoms. The van der Waals surface area contributed by atoms with Gasteiger partial charge in [-0.2, -0.15) is 5.26 Å². The van der Waals surface area contributed by atoms with Crippen LogP contribution in [0.15, 0.2) is 42.5 Å². The number of aromatic nitrogens is 1. The maximum Gasteiger partial charge on any atom is 0.171 e. The minimum absolute atomic E-state index is 0.0457. The molecular formula is C25H24Cl2N2O2. The van der Waals surface area contributed by atoms with Gasteiger partial charge in [-0.05, 0) is 30.2 Å². The van der Waals surface area contributed by atoms with Crippen molar-refractivity contribution in [3.05, 3.63) is 69.5 Å². The largest absolute Gasteiger partial charge is 0.489 e. The number of carbonyl (C=O) groups is 1. The van der Waals surface area contributed by atoms with Crippen LogP contribution in [-0.4, -0.2) is 16.9 Å². The Balaban J connectivity index is 1.50. The molecule has 1 atom stereocenters. The molecule has 1 unspecified atom stereocenters. The quantitative estimate of drug-likeness (QED) is 0.401. The number of nitrogens with zero attached hydrogens (tertiary/aromatic N) is 2. The molecular weight excluding hydrogens is 431 g/mol. The van der Waals surface area contributed by atoms with E-state index in [2.05, 4.69) is 44.8 Å². The van der Waals surface area contributed by atoms with Gasteiger partial charge in [0.2, 0.25) is 0 Å². The first kappa shape index (κ1) is 21.9. The standard InChI is InChI=1S/C25H24Cl2N2O2/c1-24(2)20(9-6-14-11-19-17(22(14)30)8-10-21(27)29-19)25(3,4)23(24)31-16-7-5-15(13-28)18(26)12-16/h5-10,12,14,20,23H,11H2,1-4H3/b9-6+/t14?,20-,23-. The zero-order valence-corrected chi connectivity index (χ0v) is 19.5. The van der Waals surface area contributed by atoms with E-state index < -0.39 is 0 Å². The lowest BCUT2D eigenvalue weighted by Crippen LogP contribution is -2.65. The van der Waals surface area contributed by atoms with E-state index in [0.717, 1.165) is 5.69 Å². The van der Waals surface area contributed by atoms with Gasteiger partial charge in [-0.3, -0.25) is 4.79 Å². The Morgan fingerprint density at radius 1 is 1.13 bits per heavy atom. The Hall–Kier alpha value is -2.35. The Labute approximate surface area is 192 Å². The summed E-state index contributed by atoms with van der Waals surface area (Å²) in [6.07, 6.45) is 4.74. The highest BCUT2D eigenvalue weighted by atomic mass is 35.5. The van der Waals surface area contributed by atoms with Gasteiger partial charge in [-0.1, -0.05) is 63.0 Å². The molecule has 1 saturated carbocycles. The van der Waals surface area contributed by atoms with Gasteiger partial charge in [0, 0.05) is 34.8 Å². The number of ketones is 1. The van der Waals surface area contributed by atoms with Crippen LogP contribution in [-0.2, 0) is 6.42 Å². The van der Waals surface area contributed by atoms with Gasteiger partial charge in [-0.25, -0.2) is 4.98 Å². The number of halogens is 2. The lowest BCUT2D eigenvalue weighted by Gasteiger charge is -2.62. The first-order chi connectivity index (χ1) is 14.6. The Bertz CT molecular complexity index is 1110. The average molecular weight is 455 g/mol. The van der Waals surface area contributed by atoms with Crippen molar-refractivity contribution >= 4 is 29.0 Å². The number of ether oxygens (including phenoxy) is 1. The summed E-state index contributed by atoms with van der Waals surface area (Å²) >= 11 is 12.2. The fraction of sp³-hybridized carbons (Fsp3) is 0.400. The maximum atomic E-state index is 12.7. The molecule has 1 heterocycles. The topological polar surface area (TPSA) is 63.0 Å². The third-order valence-corrected chi connectivity index (χ3v) is 7.28. The third kappa shape index (κ3) is 3.64. The molecule has 0 N–H and O–H groups in total. The van der Waals surface area contributed by atoms with E-state index in [1.54, 1.807) is 30.3 Å². The number of hydrogen-bond acceptors (Lipinski definition) is 4. The van der Waals surface area contributed by atoms with Crippen molar-refractivity contribution < 1.29 is 9.53 Å². The second-order valence-electron chi connectivity index (χ2n) is 9.56. The Kier molecular flexibility index (Phi) is 5.40. The number of nitriles is 1. The van der Waals surface area contributed by atoms with Crippen LogP contribution in [0.1, 0.15) is 49.3 Å². The summed E-state index contributed by atoms with van der Waals surface area (Å²) in [5.41, 5.74) is 1.59. The van der Waals surface area contributed by atoms with E-state index in [4.69, 9.17) is 33.2 Å². The lowest BCUT2D eigenvalue weighted by molar-refractivity contribution is -0.177. The van der Waals surface area contributed by atoms with E-state index >= 15 is 0 Å². The zero-order valence-electron chi connectivity index (χ0n) is 17.9. The second kappa shape index (κ2) is 7.65. The van der Waals surface area contributed by atoms with Crippen LogP contribution in [0, 0.1) is 34.0 Å². The number of fused-ring (bicyclic) bond motifs is 1. The summed E-state index contributed by atoms with van der Waals surface area (Å²) in [6, 6.07) is 10.7. The predicted molar refractivity (Wildman–Crippen MR) is 122 cm³/mol. The molecule has 1 aromatic carbocycles. The number of benzene rings is 1. The summed E-state index contributed by atoms with van der Waals surface area (Å²) in [6.45, 7) is 8.71. The van der Waals surface area contributed by atoms with Gasteiger partial charge in [0.25, 0.3) is 0 Å². The van der Waals surface area contributed by atoms with Crippen LogP contribution < -0.4 is 4.74 Å². The van der Waals surface area contributed by atoms with Crippen LogP contribution >= 0.6 is 23.2 Å². The van der Waals surface area contributed by atoms with Crippen LogP contribution in [0.5, 0.6) is 5.75 Å². The minimum Gasteiger partial charge on any atom is -0.489 e. The molecule has 0 aliphatic heterocycles. The van der Waals surface area contributed by atoms with Crippen LogP contribution in [0.2, 0.25) is 10.2 Å². The van der Waals surface area contributed by atoms with Crippen molar-refractivity contribution in [2.75, 3.05) is 0 Å². The number of Topliss-reactive ketones (excluding diaryl/α,β-unsaturated/α-hetero) is 1. The molecule has 4 rings (SSSR count). The highest BCUT2D eigenvalue weighted by Gasteiger charge is 2.62. The highest BCUT2D eigenvalue weighted by Crippen LogP contribution is 2.61. The molecule has 4 nitrogen and oxygen atoms in total. The van der Waals surface area contributed by atoms with Crippen molar-refractivity contribution in [1.82, 2.24) is 4.98 Å². The second-order valence-corrected chi connectivity index (χ2v) is 10.4. The van der Waals surface area contributed by atoms with Gasteiger partial charge in [0.05, 0.1) is 16.3 Å². The molecule has 1 fully saturated rings. The van der Waals surface area contributed by atoms with E-state index in [0.29, 0.717) is 33.5 Å². The van der Waals surface area contributed by atoms with Gasteiger partial charge in [0.15, 0.2) is 5.78 Å². The number of hydrogen-bond donors (Lipinski definition) is 0. The lowest BCUT2D eigenvalue weighted by atomic mass is 9.45. The van der Waals surface area contributed by atoms with Gasteiger partial charge >= 0.3 is 0 Å². The summed E-state index contributed by atoms with van der Waals surface area (Å²) in [5.74, 6) is 0.782. The van der Waals surface area contributed by atoms with E-state index in [1.165, 1.54) is 0 Å². The Morgan fingerprint density at radius 3 is 2.48 bits per heavy atom. The van der Waals surface area contributed by atoms with Crippen LogP contribution in [0.4, 0.5) is 0 Å². The van der Waals surface area contributed by atoms with Crippen molar-refractivity contribution in [2.45, 2.75) is 40.2 Å². The molecule has 0 amide bonds. The summed E-state index contributed by atoms with van der Waals surface area (Å²) in [7, 11) is 0. The molecule has 0 radical (unpaired) electrons. The number of rotatable bonds is 4. The van der Waals surface area contributed by atoms with E-state index in [9.17, 15) is 4.79 Å². The zero-order chi connectivity index (χ0) is 22.6. The third-order valence-electron chi connectivity index (χ3n) is 6.76. The van der Waals surface area contributed by atoms with E-state index in [-0.39, 0.29) is 34.6 Å². The smallest absolute Gasteiger partial charge is 0.171 e. The molecule has 0 spiro atoms. The van der Waals surface area contributed by atoms with Crippen molar-refractivity contribution in [2.24, 2.45) is 22.7 Å². The monoisotopic (exact) mass is 454 g/mol. The maximum absolute atomic E-state index is 12.7. The minimum atomic E-state index is -0.204. The summed E-state index contributed by atoms with van der Waals surface area (Å²) in [5, 5.41) is 9.88. The molecule has 1 aromatic heterocycles. The first-order valence-corrected chi connectivity index (χ1v) is 11.1. The highest BCUT2D eigenvalue weighted by molar-refractivity contribution is 6.31. The van der Waals surface area contributed by atoms with Gasteiger partial charge in [-0.15, -0.1) is 0 Å². The van der Waals surface area contributed by atoms with Crippen LogP contribution in [0.25, 0.3) is 0 Å².